The summed E-state index contributed by atoms with van der Waals surface area (Å²) in [5, 5.41) is 17.5. The van der Waals surface area contributed by atoms with E-state index < -0.39 is 11.9 Å². The van der Waals surface area contributed by atoms with Gasteiger partial charge in [-0.15, -0.1) is 0 Å². The highest BCUT2D eigenvalue weighted by molar-refractivity contribution is 5.84. The van der Waals surface area contributed by atoms with Gasteiger partial charge < -0.3 is 19.7 Å². The van der Waals surface area contributed by atoms with E-state index >= 15 is 0 Å². The molecule has 0 heterocycles. The number of aliphatic carboxylic acids is 2. The van der Waals surface area contributed by atoms with Crippen LogP contribution < -0.4 is 0 Å². The van der Waals surface area contributed by atoms with Crippen LogP contribution in [0.2, 0.25) is 0 Å². The van der Waals surface area contributed by atoms with Crippen LogP contribution in [0.25, 0.3) is 0 Å². The molecule has 0 atom stereocenters. The molecule has 0 bridgehead atoms. The van der Waals surface area contributed by atoms with Gasteiger partial charge in [0.2, 0.25) is 11.5 Å². The predicted octanol–water partition coefficient (Wildman–Crippen LogP) is 4.48. The molecule has 0 saturated heterocycles. The van der Waals surface area contributed by atoms with Crippen molar-refractivity contribution < 1.29 is 29.3 Å². The highest BCUT2D eigenvalue weighted by Gasteiger charge is 2.09. The molecule has 6 heteroatoms. The van der Waals surface area contributed by atoms with Gasteiger partial charge >= 0.3 is 11.9 Å². The van der Waals surface area contributed by atoms with Gasteiger partial charge in [0.1, 0.15) is 6.61 Å². The summed E-state index contributed by atoms with van der Waals surface area (Å²) in [4.78, 5) is 21.3. The van der Waals surface area contributed by atoms with E-state index in [0.717, 1.165) is 5.56 Å². The third kappa shape index (κ3) is 12.3. The largest absolute Gasteiger partial charge is 0.487 e. The summed E-state index contributed by atoms with van der Waals surface area (Å²) < 4.78 is 10.1. The Balaban J connectivity index is 0.000000541. The lowest BCUT2D eigenvalue weighted by Crippen LogP contribution is -2.06. The summed E-state index contributed by atoms with van der Waals surface area (Å²) in [6, 6.07) is 9.49. The lowest BCUT2D eigenvalue weighted by molar-refractivity contribution is -0.137. The van der Waals surface area contributed by atoms with Crippen LogP contribution in [-0.4, -0.2) is 28.8 Å². The number of ether oxygens (including phenoxy) is 2. The van der Waals surface area contributed by atoms with Crippen LogP contribution in [-0.2, 0) is 25.7 Å². The number of rotatable bonds is 9. The number of carboxylic acids is 2. The smallest absolute Gasteiger partial charge is 0.370 e. The van der Waals surface area contributed by atoms with Crippen molar-refractivity contribution in [3.05, 3.63) is 59.6 Å². The molecule has 0 saturated carbocycles. The minimum atomic E-state index is -1.02. The summed E-state index contributed by atoms with van der Waals surface area (Å²) in [7, 11) is 0. The van der Waals surface area contributed by atoms with E-state index in [4.69, 9.17) is 19.7 Å². The van der Waals surface area contributed by atoms with Crippen molar-refractivity contribution in [1.29, 1.82) is 0 Å². The predicted molar refractivity (Wildman–Crippen MR) is 104 cm³/mol. The van der Waals surface area contributed by atoms with Gasteiger partial charge in [0.05, 0.1) is 6.61 Å². The Morgan fingerprint density at radius 2 is 1.33 bits per heavy atom. The first-order valence-electron chi connectivity index (χ1n) is 8.87. The average molecular weight is 378 g/mol. The monoisotopic (exact) mass is 378 g/mol. The van der Waals surface area contributed by atoms with Crippen molar-refractivity contribution in [1.82, 2.24) is 0 Å². The molecule has 1 rings (SSSR count). The van der Waals surface area contributed by atoms with Crippen molar-refractivity contribution >= 4 is 11.9 Å². The maximum Gasteiger partial charge on any atom is 0.370 e. The zero-order chi connectivity index (χ0) is 20.8. The summed E-state index contributed by atoms with van der Waals surface area (Å²) in [6.07, 6.45) is 3.19. The number of hydrogen-bond donors (Lipinski definition) is 2. The van der Waals surface area contributed by atoms with Crippen LogP contribution in [0.15, 0.2) is 54.0 Å². The quantitative estimate of drug-likeness (QED) is 0.486. The first-order chi connectivity index (χ1) is 12.7. The summed E-state index contributed by atoms with van der Waals surface area (Å²) in [6.45, 7) is 10.1. The zero-order valence-corrected chi connectivity index (χ0v) is 16.6. The van der Waals surface area contributed by atoms with Crippen LogP contribution in [0, 0.1) is 11.8 Å². The van der Waals surface area contributed by atoms with Gasteiger partial charge in [-0.2, -0.15) is 0 Å². The van der Waals surface area contributed by atoms with Gasteiger partial charge in [-0.1, -0.05) is 58.0 Å². The second-order valence-corrected chi connectivity index (χ2v) is 6.37. The third-order valence-corrected chi connectivity index (χ3v) is 2.93. The molecule has 1 aromatic carbocycles. The van der Waals surface area contributed by atoms with Gasteiger partial charge in [-0.3, -0.25) is 0 Å². The highest BCUT2D eigenvalue weighted by atomic mass is 16.5. The minimum absolute atomic E-state index is 0.0128. The summed E-state index contributed by atoms with van der Waals surface area (Å²) in [5.74, 6) is -1.61. The summed E-state index contributed by atoms with van der Waals surface area (Å²) in [5.41, 5.74) is 0.957. The number of carbonyl (C=O) groups is 2. The Kier molecular flexibility index (Phi) is 12.1. The van der Waals surface area contributed by atoms with Gasteiger partial charge in [0.25, 0.3) is 0 Å². The van der Waals surface area contributed by atoms with E-state index in [1.807, 2.05) is 58.0 Å². The first kappa shape index (κ1) is 24.2. The van der Waals surface area contributed by atoms with E-state index in [-0.39, 0.29) is 30.0 Å². The van der Waals surface area contributed by atoms with Crippen LogP contribution in [0.3, 0.4) is 0 Å². The van der Waals surface area contributed by atoms with Gasteiger partial charge in [-0.05, 0) is 36.5 Å². The zero-order valence-electron chi connectivity index (χ0n) is 16.6. The van der Waals surface area contributed by atoms with Crippen molar-refractivity contribution in [3.8, 4) is 0 Å². The summed E-state index contributed by atoms with van der Waals surface area (Å²) >= 11 is 0. The Morgan fingerprint density at radius 3 is 1.70 bits per heavy atom. The Labute approximate surface area is 161 Å². The molecular formula is C21H30O6. The second kappa shape index (κ2) is 13.4. The molecule has 1 aromatic rings. The lowest BCUT2D eigenvalue weighted by Gasteiger charge is -2.07. The SMILES string of the molecule is CC(C)C=C(OCc1ccccc1)C(=O)O.CCOC(=CC(C)C)C(=O)O. The van der Waals surface area contributed by atoms with Gasteiger partial charge in [0, 0.05) is 0 Å². The molecule has 0 amide bonds. The minimum Gasteiger partial charge on any atom is -0.487 e. The van der Waals surface area contributed by atoms with Gasteiger partial charge in [-0.25, -0.2) is 9.59 Å². The maximum atomic E-state index is 10.9. The van der Waals surface area contributed by atoms with Crippen LogP contribution >= 0.6 is 0 Å². The van der Waals surface area contributed by atoms with Crippen molar-refractivity contribution in [3.63, 3.8) is 0 Å². The lowest BCUT2D eigenvalue weighted by atomic mass is 10.2. The fourth-order valence-corrected chi connectivity index (χ4v) is 1.86. The second-order valence-electron chi connectivity index (χ2n) is 6.37. The molecule has 27 heavy (non-hydrogen) atoms. The maximum absolute atomic E-state index is 10.9. The molecule has 0 unspecified atom stereocenters. The molecule has 0 aliphatic rings. The van der Waals surface area contributed by atoms with Crippen molar-refractivity contribution in [2.45, 2.75) is 41.2 Å². The normalized spacial score (nSPS) is 11.7. The van der Waals surface area contributed by atoms with Crippen molar-refractivity contribution in [2.75, 3.05) is 6.61 Å². The van der Waals surface area contributed by atoms with Crippen molar-refractivity contribution in [2.24, 2.45) is 11.8 Å². The Morgan fingerprint density at radius 1 is 0.889 bits per heavy atom. The molecule has 2 N–H and O–H groups in total. The van der Waals surface area contributed by atoms with E-state index in [1.165, 1.54) is 0 Å². The van der Waals surface area contributed by atoms with Crippen LogP contribution in [0.1, 0.15) is 40.2 Å². The molecule has 6 nitrogen and oxygen atoms in total. The Bertz CT molecular complexity index is 629. The van der Waals surface area contributed by atoms with E-state index in [0.29, 0.717) is 6.61 Å². The van der Waals surface area contributed by atoms with E-state index in [1.54, 1.807) is 19.1 Å². The van der Waals surface area contributed by atoms with Gasteiger partial charge in [0.15, 0.2) is 0 Å². The number of hydrogen-bond acceptors (Lipinski definition) is 4. The average Bonchev–Trinajstić information content (AvgIpc) is 2.58. The topological polar surface area (TPSA) is 93.1 Å². The Hall–Kier alpha value is -2.76. The van der Waals surface area contributed by atoms with E-state index in [9.17, 15) is 9.59 Å². The molecule has 0 aromatic heterocycles. The molecular weight excluding hydrogens is 348 g/mol. The van der Waals surface area contributed by atoms with Crippen LogP contribution in [0.4, 0.5) is 0 Å². The van der Waals surface area contributed by atoms with Crippen LogP contribution in [0.5, 0.6) is 0 Å². The molecule has 0 aliphatic heterocycles. The molecule has 0 fully saturated rings. The number of allylic oxidation sites excluding steroid dienone is 2. The molecule has 0 radical (unpaired) electrons. The number of carboxylic acid groups (broad SMARTS) is 2. The fourth-order valence-electron chi connectivity index (χ4n) is 1.86. The molecule has 0 spiro atoms. The fraction of sp³-hybridized carbons (Fsp3) is 0.429. The standard InChI is InChI=1S/C13H16O3.C8H14O3/c1-10(2)8-12(13(14)15)16-9-11-6-4-3-5-7-11;1-4-11-7(8(9)10)5-6(2)3/h3-8,10H,9H2,1-2H3,(H,14,15);5-6H,4H2,1-3H3,(H,9,10). The first-order valence-corrected chi connectivity index (χ1v) is 8.87. The van der Waals surface area contributed by atoms with E-state index in [2.05, 4.69) is 0 Å². The molecule has 150 valence electrons. The highest BCUT2D eigenvalue weighted by Crippen LogP contribution is 2.09. The number of benzene rings is 1. The molecule has 0 aliphatic carbocycles. The third-order valence-electron chi connectivity index (χ3n) is 2.93.